The van der Waals surface area contributed by atoms with Crippen molar-refractivity contribution in [2.45, 2.75) is 38.1 Å². The lowest BCUT2D eigenvalue weighted by Crippen LogP contribution is -2.23. The van der Waals surface area contributed by atoms with Crippen LogP contribution in [0, 0.1) is 6.92 Å². The molecule has 1 amide bonds. The van der Waals surface area contributed by atoms with Crippen LogP contribution in [0.15, 0.2) is 53.8 Å². The number of hydrogen-bond acceptors (Lipinski definition) is 6. The van der Waals surface area contributed by atoms with Crippen LogP contribution in [0.5, 0.6) is 0 Å². The average Bonchev–Trinajstić information content (AvgIpc) is 3.32. The Hall–Kier alpha value is -3.20. The Kier molecular flexibility index (Phi) is 5.57. The third-order valence-electron chi connectivity index (χ3n) is 4.34. The van der Waals surface area contributed by atoms with Crippen LogP contribution in [0.2, 0.25) is 0 Å². The van der Waals surface area contributed by atoms with Crippen molar-refractivity contribution in [2.75, 3.05) is 10.6 Å². The predicted octanol–water partition coefficient (Wildman–Crippen LogP) is 4.04. The summed E-state index contributed by atoms with van der Waals surface area (Å²) in [5.74, 6) is 2.62. The first-order valence-corrected chi connectivity index (χ1v) is 10.3. The third-order valence-corrected chi connectivity index (χ3v) is 5.29. The maximum absolute atomic E-state index is 11.7. The SMILES string of the molecule is CCCC(=O)Nc1ccc(SN2C=C(Nc3cc(C)[nH]n3)n3ccnc3C2)cc1. The number of rotatable bonds is 7. The van der Waals surface area contributed by atoms with Gasteiger partial charge in [0.2, 0.25) is 5.91 Å². The number of aryl methyl sites for hydroxylation is 1. The van der Waals surface area contributed by atoms with E-state index in [-0.39, 0.29) is 5.91 Å². The summed E-state index contributed by atoms with van der Waals surface area (Å²) < 4.78 is 4.14. The number of benzene rings is 1. The summed E-state index contributed by atoms with van der Waals surface area (Å²) in [6.45, 7) is 4.64. The zero-order chi connectivity index (χ0) is 20.2. The maximum atomic E-state index is 11.7. The summed E-state index contributed by atoms with van der Waals surface area (Å²) in [6, 6.07) is 9.82. The van der Waals surface area contributed by atoms with Gasteiger partial charge in [-0.2, -0.15) is 5.10 Å². The van der Waals surface area contributed by atoms with Crippen LogP contribution in [0.1, 0.15) is 31.3 Å². The first-order valence-electron chi connectivity index (χ1n) is 9.48. The van der Waals surface area contributed by atoms with E-state index >= 15 is 0 Å². The fraction of sp³-hybridized carbons (Fsp3) is 0.250. The monoisotopic (exact) mass is 409 g/mol. The van der Waals surface area contributed by atoms with E-state index in [9.17, 15) is 4.79 Å². The molecule has 9 heteroatoms. The molecule has 8 nitrogen and oxygen atoms in total. The Balaban J connectivity index is 1.47. The second-order valence-corrected chi connectivity index (χ2v) is 7.90. The minimum absolute atomic E-state index is 0.0445. The fourth-order valence-corrected chi connectivity index (χ4v) is 3.86. The number of anilines is 2. The van der Waals surface area contributed by atoms with E-state index in [1.54, 1.807) is 18.1 Å². The number of carbonyl (C=O) groups excluding carboxylic acids is 1. The Bertz CT molecular complexity index is 1020. The number of carbonyl (C=O) groups is 1. The van der Waals surface area contributed by atoms with E-state index in [0.29, 0.717) is 13.0 Å². The summed E-state index contributed by atoms with van der Waals surface area (Å²) in [6.07, 6.45) is 7.14. The first kappa shape index (κ1) is 19.1. The number of imidazole rings is 1. The molecule has 0 radical (unpaired) electrons. The number of hydrogen-bond donors (Lipinski definition) is 3. The zero-order valence-corrected chi connectivity index (χ0v) is 17.2. The van der Waals surface area contributed by atoms with Gasteiger partial charge in [0.05, 0.1) is 12.7 Å². The molecule has 0 unspecified atom stereocenters. The van der Waals surface area contributed by atoms with Gasteiger partial charge in [0, 0.05) is 41.2 Å². The standard InChI is InChI=1S/C20H23N7OS/c1-3-4-20(28)22-15-5-7-16(8-6-15)29-26-12-18-21-9-10-27(18)19(13-26)23-17-11-14(2)24-25-17/h5-11,13H,3-4,12H2,1-2H3,(H,22,28)(H2,23,24,25). The molecule has 1 aliphatic heterocycles. The van der Waals surface area contributed by atoms with Gasteiger partial charge >= 0.3 is 0 Å². The summed E-state index contributed by atoms with van der Waals surface area (Å²) in [7, 11) is 0. The molecule has 0 bridgehead atoms. The molecular formula is C20H23N7OS. The molecule has 0 aliphatic carbocycles. The van der Waals surface area contributed by atoms with Gasteiger partial charge < -0.3 is 14.9 Å². The van der Waals surface area contributed by atoms with Crippen LogP contribution in [0.3, 0.4) is 0 Å². The second-order valence-electron chi connectivity index (χ2n) is 6.78. The lowest BCUT2D eigenvalue weighted by Gasteiger charge is -2.26. The van der Waals surface area contributed by atoms with E-state index in [0.717, 1.165) is 40.2 Å². The lowest BCUT2D eigenvalue weighted by molar-refractivity contribution is -0.116. The molecule has 3 heterocycles. The van der Waals surface area contributed by atoms with Crippen molar-refractivity contribution in [3.8, 4) is 0 Å². The molecule has 0 fully saturated rings. The Labute approximate surface area is 173 Å². The second kappa shape index (κ2) is 8.44. The molecule has 0 saturated carbocycles. The summed E-state index contributed by atoms with van der Waals surface area (Å²) in [4.78, 5) is 17.3. The topological polar surface area (TPSA) is 90.9 Å². The number of nitrogens with zero attached hydrogens (tertiary/aromatic N) is 4. The largest absolute Gasteiger partial charge is 0.326 e. The van der Waals surface area contributed by atoms with Gasteiger partial charge in [0.25, 0.3) is 0 Å². The van der Waals surface area contributed by atoms with Crippen molar-refractivity contribution in [1.82, 2.24) is 24.1 Å². The molecule has 1 aromatic carbocycles. The Morgan fingerprint density at radius 3 is 2.86 bits per heavy atom. The van der Waals surface area contributed by atoms with Gasteiger partial charge in [0.1, 0.15) is 11.6 Å². The molecule has 3 aromatic rings. The number of H-pyrrole nitrogens is 1. The number of aromatic amines is 1. The van der Waals surface area contributed by atoms with Crippen molar-refractivity contribution in [3.63, 3.8) is 0 Å². The summed E-state index contributed by atoms with van der Waals surface area (Å²) in [5, 5.41) is 13.4. The van der Waals surface area contributed by atoms with E-state index in [2.05, 4.69) is 30.1 Å². The van der Waals surface area contributed by atoms with Gasteiger partial charge in [-0.3, -0.25) is 14.5 Å². The molecule has 3 N–H and O–H groups in total. The van der Waals surface area contributed by atoms with Crippen molar-refractivity contribution in [1.29, 1.82) is 0 Å². The van der Waals surface area contributed by atoms with Gasteiger partial charge in [-0.25, -0.2) is 4.98 Å². The minimum atomic E-state index is 0.0445. The third kappa shape index (κ3) is 4.62. The van der Waals surface area contributed by atoms with Crippen molar-refractivity contribution in [3.05, 3.63) is 60.4 Å². The normalized spacial score (nSPS) is 13.0. The molecule has 0 atom stereocenters. The Morgan fingerprint density at radius 2 is 2.14 bits per heavy atom. The van der Waals surface area contributed by atoms with E-state index in [1.807, 2.05) is 61.1 Å². The van der Waals surface area contributed by atoms with E-state index in [4.69, 9.17) is 0 Å². The van der Waals surface area contributed by atoms with Crippen LogP contribution in [0.4, 0.5) is 11.5 Å². The molecular weight excluding hydrogens is 386 g/mol. The van der Waals surface area contributed by atoms with Crippen LogP contribution >= 0.6 is 11.9 Å². The van der Waals surface area contributed by atoms with Gasteiger partial charge in [-0.15, -0.1) is 0 Å². The molecule has 2 aromatic heterocycles. The highest BCUT2D eigenvalue weighted by Gasteiger charge is 2.19. The maximum Gasteiger partial charge on any atom is 0.224 e. The summed E-state index contributed by atoms with van der Waals surface area (Å²) >= 11 is 1.61. The fourth-order valence-electron chi connectivity index (χ4n) is 3.00. The van der Waals surface area contributed by atoms with Gasteiger partial charge in [-0.05, 0) is 49.6 Å². The molecule has 4 rings (SSSR count). The summed E-state index contributed by atoms with van der Waals surface area (Å²) in [5.41, 5.74) is 1.81. The minimum Gasteiger partial charge on any atom is -0.326 e. The van der Waals surface area contributed by atoms with Gasteiger partial charge in [0.15, 0.2) is 5.82 Å². The predicted molar refractivity (Wildman–Crippen MR) is 115 cm³/mol. The zero-order valence-electron chi connectivity index (χ0n) is 16.3. The van der Waals surface area contributed by atoms with E-state index in [1.165, 1.54) is 0 Å². The Morgan fingerprint density at radius 1 is 1.31 bits per heavy atom. The number of aromatic nitrogens is 4. The molecule has 0 spiro atoms. The van der Waals surface area contributed by atoms with Crippen LogP contribution in [0.25, 0.3) is 5.82 Å². The van der Waals surface area contributed by atoms with E-state index < -0.39 is 0 Å². The van der Waals surface area contributed by atoms with Crippen LogP contribution in [-0.2, 0) is 11.3 Å². The molecule has 29 heavy (non-hydrogen) atoms. The highest BCUT2D eigenvalue weighted by Crippen LogP contribution is 2.30. The number of fused-ring (bicyclic) bond motifs is 1. The molecule has 0 saturated heterocycles. The average molecular weight is 410 g/mol. The first-order chi connectivity index (χ1) is 14.1. The number of nitrogens with one attached hydrogen (secondary N) is 3. The molecule has 150 valence electrons. The smallest absolute Gasteiger partial charge is 0.224 e. The van der Waals surface area contributed by atoms with Crippen molar-refractivity contribution < 1.29 is 4.79 Å². The number of amides is 1. The van der Waals surface area contributed by atoms with Gasteiger partial charge in [-0.1, -0.05) is 6.92 Å². The van der Waals surface area contributed by atoms with Crippen molar-refractivity contribution >= 4 is 35.2 Å². The highest BCUT2D eigenvalue weighted by atomic mass is 32.2. The van der Waals surface area contributed by atoms with Crippen molar-refractivity contribution in [2.24, 2.45) is 0 Å². The quantitative estimate of drug-likeness (QED) is 0.510. The van der Waals surface area contributed by atoms with Crippen LogP contribution < -0.4 is 10.6 Å². The van der Waals surface area contributed by atoms with Crippen LogP contribution in [-0.4, -0.2) is 30.0 Å². The lowest BCUT2D eigenvalue weighted by atomic mass is 10.3. The highest BCUT2D eigenvalue weighted by molar-refractivity contribution is 7.97. The molecule has 1 aliphatic rings.